The third-order valence-corrected chi connectivity index (χ3v) is 4.62. The molecule has 2 N–H and O–H groups in total. The van der Waals surface area contributed by atoms with Gasteiger partial charge in [0, 0.05) is 0 Å². The number of hydroxylamine groups is 1. The molecule has 0 saturated carbocycles. The highest BCUT2D eigenvalue weighted by Gasteiger charge is 2.33. The van der Waals surface area contributed by atoms with Gasteiger partial charge in [-0.1, -0.05) is 60.7 Å². The van der Waals surface area contributed by atoms with Crippen molar-refractivity contribution < 1.29 is 5.21 Å². The zero-order chi connectivity index (χ0) is 15.2. The molecule has 1 aliphatic carbocycles. The lowest BCUT2D eigenvalue weighted by atomic mass is 9.81. The number of fused-ring (bicyclic) bond motifs is 3. The summed E-state index contributed by atoms with van der Waals surface area (Å²) in [6.07, 6.45) is 4.24. The van der Waals surface area contributed by atoms with Crippen LogP contribution in [0.25, 0.3) is 22.9 Å². The summed E-state index contributed by atoms with van der Waals surface area (Å²) in [5, 5.41) is 12.3. The molecule has 0 aliphatic heterocycles. The van der Waals surface area contributed by atoms with Gasteiger partial charge in [0.25, 0.3) is 0 Å². The Labute approximate surface area is 129 Å². The molecule has 108 valence electrons. The molecular formula is C20H17NO. The van der Waals surface area contributed by atoms with E-state index in [1.807, 2.05) is 31.2 Å². The van der Waals surface area contributed by atoms with E-state index in [9.17, 15) is 5.21 Å². The molecule has 0 radical (unpaired) electrons. The molecule has 0 spiro atoms. The zero-order valence-corrected chi connectivity index (χ0v) is 12.4. The van der Waals surface area contributed by atoms with Crippen LogP contribution in [0.4, 0.5) is 0 Å². The van der Waals surface area contributed by atoms with Gasteiger partial charge in [-0.2, -0.15) is 5.48 Å². The summed E-state index contributed by atoms with van der Waals surface area (Å²) >= 11 is 0. The van der Waals surface area contributed by atoms with E-state index in [1.165, 1.54) is 10.8 Å². The molecule has 2 nitrogen and oxygen atoms in total. The van der Waals surface area contributed by atoms with Gasteiger partial charge in [0.1, 0.15) is 0 Å². The van der Waals surface area contributed by atoms with Crippen molar-refractivity contribution in [2.45, 2.75) is 12.5 Å². The third-order valence-electron chi connectivity index (χ3n) is 4.62. The molecule has 1 aliphatic rings. The molecule has 0 bridgehead atoms. The van der Waals surface area contributed by atoms with Crippen LogP contribution in [0, 0.1) is 0 Å². The zero-order valence-electron chi connectivity index (χ0n) is 12.4. The molecule has 3 aromatic carbocycles. The van der Waals surface area contributed by atoms with Crippen LogP contribution < -0.4 is 5.48 Å². The van der Waals surface area contributed by atoms with Crippen molar-refractivity contribution in [3.63, 3.8) is 0 Å². The summed E-state index contributed by atoms with van der Waals surface area (Å²) in [5.74, 6) is 0. The lowest BCUT2D eigenvalue weighted by Crippen LogP contribution is -2.39. The highest BCUT2D eigenvalue weighted by molar-refractivity contribution is 5.89. The van der Waals surface area contributed by atoms with Crippen LogP contribution in [0.3, 0.4) is 0 Å². The molecule has 0 fully saturated rings. The van der Waals surface area contributed by atoms with Gasteiger partial charge >= 0.3 is 0 Å². The summed E-state index contributed by atoms with van der Waals surface area (Å²) in [6.45, 7) is 2.02. The number of hydrogen-bond acceptors (Lipinski definition) is 2. The van der Waals surface area contributed by atoms with Crippen LogP contribution in [0.5, 0.6) is 0 Å². The second kappa shape index (κ2) is 4.80. The molecule has 0 aromatic heterocycles. The van der Waals surface area contributed by atoms with E-state index in [4.69, 9.17) is 0 Å². The van der Waals surface area contributed by atoms with E-state index in [0.717, 1.165) is 22.3 Å². The number of hydrogen-bond donors (Lipinski definition) is 2. The van der Waals surface area contributed by atoms with Crippen molar-refractivity contribution in [2.75, 3.05) is 0 Å². The maximum atomic E-state index is 9.96. The highest BCUT2D eigenvalue weighted by atomic mass is 16.5. The Morgan fingerprint density at radius 2 is 1.41 bits per heavy atom. The molecule has 4 rings (SSSR count). The van der Waals surface area contributed by atoms with E-state index < -0.39 is 5.54 Å². The van der Waals surface area contributed by atoms with Crippen LogP contribution >= 0.6 is 0 Å². The molecule has 0 heterocycles. The lowest BCUT2D eigenvalue weighted by Gasteiger charge is -2.31. The summed E-state index contributed by atoms with van der Waals surface area (Å²) in [6, 6.07) is 20.8. The van der Waals surface area contributed by atoms with Crippen LogP contribution in [0.15, 0.2) is 60.7 Å². The quantitative estimate of drug-likeness (QED) is 0.643. The van der Waals surface area contributed by atoms with Gasteiger partial charge in [0.15, 0.2) is 0 Å². The summed E-state index contributed by atoms with van der Waals surface area (Å²) in [5.41, 5.74) is 6.31. The van der Waals surface area contributed by atoms with E-state index in [1.54, 1.807) is 0 Å². The van der Waals surface area contributed by atoms with Crippen molar-refractivity contribution in [3.05, 3.63) is 82.9 Å². The largest absolute Gasteiger partial charge is 0.316 e. The SMILES string of the molecule is C[C@@]1(NO)c2ccccc2C=Cc2cc3ccccc3cc21. The first-order valence-corrected chi connectivity index (χ1v) is 7.44. The molecular weight excluding hydrogens is 270 g/mol. The van der Waals surface area contributed by atoms with Gasteiger partial charge < -0.3 is 5.21 Å². The standard InChI is InChI=1S/C20H17NO/c1-20(21-22)18-9-5-4-6-14(18)10-11-17-12-15-7-2-3-8-16(15)13-19(17)20/h2-13,21-22H,1H3/t20-/m1/s1. The summed E-state index contributed by atoms with van der Waals surface area (Å²) in [7, 11) is 0. The normalized spacial score (nSPS) is 19.5. The number of nitrogens with one attached hydrogen (secondary N) is 1. The van der Waals surface area contributed by atoms with Gasteiger partial charge in [-0.25, -0.2) is 0 Å². The topological polar surface area (TPSA) is 32.3 Å². The minimum atomic E-state index is -0.639. The first-order valence-electron chi connectivity index (χ1n) is 7.44. The smallest absolute Gasteiger partial charge is 0.0911 e. The lowest BCUT2D eigenvalue weighted by molar-refractivity contribution is 0.0922. The van der Waals surface area contributed by atoms with Crippen molar-refractivity contribution in [1.82, 2.24) is 5.48 Å². The minimum absolute atomic E-state index is 0.639. The van der Waals surface area contributed by atoms with Crippen molar-refractivity contribution in [2.24, 2.45) is 0 Å². The van der Waals surface area contributed by atoms with Crippen LogP contribution in [0.1, 0.15) is 29.2 Å². The Balaban J connectivity index is 2.09. The molecule has 0 amide bonds. The molecule has 0 unspecified atom stereocenters. The van der Waals surface area contributed by atoms with Crippen molar-refractivity contribution in [3.8, 4) is 0 Å². The molecule has 2 heteroatoms. The Hall–Kier alpha value is -2.42. The highest BCUT2D eigenvalue weighted by Crippen LogP contribution is 2.39. The average molecular weight is 287 g/mol. The van der Waals surface area contributed by atoms with Gasteiger partial charge in [0.05, 0.1) is 5.54 Å². The van der Waals surface area contributed by atoms with E-state index in [2.05, 4.69) is 54.0 Å². The van der Waals surface area contributed by atoms with Crippen molar-refractivity contribution >= 4 is 22.9 Å². The molecule has 0 saturated heterocycles. The maximum Gasteiger partial charge on any atom is 0.0911 e. The first-order chi connectivity index (χ1) is 10.7. The fraction of sp³-hybridized carbons (Fsp3) is 0.100. The van der Waals surface area contributed by atoms with E-state index in [0.29, 0.717) is 0 Å². The second-order valence-corrected chi connectivity index (χ2v) is 5.94. The third kappa shape index (κ3) is 1.82. The van der Waals surface area contributed by atoms with Gasteiger partial charge in [0.2, 0.25) is 0 Å². The fourth-order valence-electron chi connectivity index (χ4n) is 3.37. The Morgan fingerprint density at radius 1 is 0.773 bits per heavy atom. The Morgan fingerprint density at radius 3 is 2.18 bits per heavy atom. The van der Waals surface area contributed by atoms with Crippen LogP contribution in [-0.4, -0.2) is 5.21 Å². The average Bonchev–Trinajstić information content (AvgIpc) is 2.69. The predicted octanol–water partition coefficient (Wildman–Crippen LogP) is 4.57. The molecule has 3 aromatic rings. The molecule has 1 atom stereocenters. The monoisotopic (exact) mass is 287 g/mol. The van der Waals surface area contributed by atoms with Gasteiger partial charge in [-0.05, 0) is 52.1 Å². The Bertz CT molecular complexity index is 897. The predicted molar refractivity (Wildman–Crippen MR) is 90.7 cm³/mol. The maximum absolute atomic E-state index is 9.96. The van der Waals surface area contributed by atoms with E-state index >= 15 is 0 Å². The van der Waals surface area contributed by atoms with Gasteiger partial charge in [-0.15, -0.1) is 0 Å². The van der Waals surface area contributed by atoms with Crippen LogP contribution in [-0.2, 0) is 5.54 Å². The fourth-order valence-corrected chi connectivity index (χ4v) is 3.37. The van der Waals surface area contributed by atoms with E-state index in [-0.39, 0.29) is 0 Å². The Kier molecular flexibility index (Phi) is 2.89. The van der Waals surface area contributed by atoms with Gasteiger partial charge in [-0.3, -0.25) is 0 Å². The first kappa shape index (κ1) is 13.3. The second-order valence-electron chi connectivity index (χ2n) is 5.94. The molecule has 22 heavy (non-hydrogen) atoms. The van der Waals surface area contributed by atoms with Crippen LogP contribution in [0.2, 0.25) is 0 Å². The summed E-state index contributed by atoms with van der Waals surface area (Å²) < 4.78 is 0. The summed E-state index contributed by atoms with van der Waals surface area (Å²) in [4.78, 5) is 0. The number of benzene rings is 3. The van der Waals surface area contributed by atoms with Crippen molar-refractivity contribution in [1.29, 1.82) is 0 Å². The minimum Gasteiger partial charge on any atom is -0.316 e. The number of rotatable bonds is 1.